The highest BCUT2D eigenvalue weighted by Crippen LogP contribution is 2.05. The van der Waals surface area contributed by atoms with Crippen LogP contribution in [0, 0.1) is 0 Å². The van der Waals surface area contributed by atoms with E-state index in [-0.39, 0.29) is 17.3 Å². The van der Waals surface area contributed by atoms with Crippen molar-refractivity contribution in [1.29, 1.82) is 0 Å². The Bertz CT molecular complexity index is 398. The van der Waals surface area contributed by atoms with Crippen molar-refractivity contribution >= 4 is 11.6 Å². The minimum Gasteiger partial charge on any atom is -0.383 e. The molecule has 0 heterocycles. The average Bonchev–Trinajstić information content (AvgIpc) is 2.42. The molecule has 20 heavy (non-hydrogen) atoms. The number of nitrogens with zero attached hydrogens (tertiary/aromatic N) is 2. The summed E-state index contributed by atoms with van der Waals surface area (Å²) in [4.78, 5) is 3.90. The van der Waals surface area contributed by atoms with E-state index in [1.54, 1.807) is 0 Å². The molecule has 0 unspecified atom stereocenters. The molecule has 8 heteroatoms. The zero-order valence-corrected chi connectivity index (χ0v) is 11.2. The lowest BCUT2D eigenvalue weighted by Gasteiger charge is -2.13. The molecule has 8 nitrogen and oxygen atoms in total. The number of nitrogens with one attached hydrogen (secondary N) is 2. The standard InChI is InChI=1S/C12H22N6O2/c13-10(9-16-11-6-2-1-3-7-11)5-4-8-15-12(14)17-18(19)20/h1-3,6-7,10,16,19-20H,4-5,8-9,13H2,(H3,14,15,17)/t10-/m0/s1. The van der Waals surface area contributed by atoms with Crippen LogP contribution in [0.1, 0.15) is 12.8 Å². The number of rotatable bonds is 8. The largest absolute Gasteiger partial charge is 0.383 e. The highest BCUT2D eigenvalue weighted by Gasteiger charge is 2.02. The van der Waals surface area contributed by atoms with Crippen LogP contribution in [0.15, 0.2) is 35.3 Å². The Balaban J connectivity index is 2.13. The van der Waals surface area contributed by atoms with E-state index in [0.717, 1.165) is 18.5 Å². The molecule has 0 bridgehead atoms. The van der Waals surface area contributed by atoms with Crippen LogP contribution in [-0.4, -0.2) is 40.8 Å². The minimum absolute atomic E-state index is 0.0202. The van der Waals surface area contributed by atoms with Gasteiger partial charge in [-0.15, -0.1) is 0 Å². The summed E-state index contributed by atoms with van der Waals surface area (Å²) < 4.78 is 0. The third-order valence-corrected chi connectivity index (χ3v) is 2.57. The number of hydrazine groups is 1. The van der Waals surface area contributed by atoms with Crippen LogP contribution in [0.3, 0.4) is 0 Å². The fourth-order valence-electron chi connectivity index (χ4n) is 1.60. The van der Waals surface area contributed by atoms with Gasteiger partial charge in [0.1, 0.15) is 0 Å². The second kappa shape index (κ2) is 9.10. The monoisotopic (exact) mass is 282 g/mol. The van der Waals surface area contributed by atoms with Crippen molar-refractivity contribution in [1.82, 2.24) is 10.8 Å². The van der Waals surface area contributed by atoms with E-state index in [1.165, 1.54) is 0 Å². The molecular formula is C12H22N6O2. The van der Waals surface area contributed by atoms with Gasteiger partial charge in [0.2, 0.25) is 5.96 Å². The normalized spacial score (nSPS) is 13.3. The quantitative estimate of drug-likeness (QED) is 0.172. The summed E-state index contributed by atoms with van der Waals surface area (Å²) in [6, 6.07) is 9.87. The molecule has 0 saturated carbocycles. The van der Waals surface area contributed by atoms with Gasteiger partial charge in [0.25, 0.3) is 0 Å². The zero-order chi connectivity index (χ0) is 14.8. The Labute approximate surface area is 118 Å². The second-order valence-electron chi connectivity index (χ2n) is 4.32. The Kier molecular flexibility index (Phi) is 7.36. The van der Waals surface area contributed by atoms with Gasteiger partial charge in [0.05, 0.1) is 0 Å². The van der Waals surface area contributed by atoms with E-state index in [2.05, 4.69) is 10.3 Å². The van der Waals surface area contributed by atoms with E-state index in [1.807, 2.05) is 35.8 Å². The summed E-state index contributed by atoms with van der Waals surface area (Å²) in [6.45, 7) is 1.15. The van der Waals surface area contributed by atoms with Crippen molar-refractivity contribution in [3.63, 3.8) is 0 Å². The summed E-state index contributed by atoms with van der Waals surface area (Å²) >= 11 is 0. The van der Waals surface area contributed by atoms with Crippen LogP contribution in [-0.2, 0) is 0 Å². The molecule has 0 fully saturated rings. The lowest BCUT2D eigenvalue weighted by atomic mass is 10.1. The first-order valence-electron chi connectivity index (χ1n) is 6.37. The molecule has 8 N–H and O–H groups in total. The van der Waals surface area contributed by atoms with Gasteiger partial charge in [-0.25, -0.2) is 5.43 Å². The van der Waals surface area contributed by atoms with Crippen LogP contribution in [0.25, 0.3) is 0 Å². The van der Waals surface area contributed by atoms with E-state index in [0.29, 0.717) is 13.1 Å². The van der Waals surface area contributed by atoms with Gasteiger partial charge in [-0.05, 0) is 25.0 Å². The Morgan fingerprint density at radius 3 is 2.65 bits per heavy atom. The summed E-state index contributed by atoms with van der Waals surface area (Å²) in [5.74, 6) is -0.0639. The number of hydrogen-bond donors (Lipinski definition) is 6. The summed E-state index contributed by atoms with van der Waals surface area (Å²) in [7, 11) is 0. The maximum Gasteiger partial charge on any atom is 0.207 e. The molecule has 0 aliphatic heterocycles. The third-order valence-electron chi connectivity index (χ3n) is 2.57. The van der Waals surface area contributed by atoms with Crippen molar-refractivity contribution in [3.05, 3.63) is 30.3 Å². The first-order valence-corrected chi connectivity index (χ1v) is 6.37. The van der Waals surface area contributed by atoms with Gasteiger partial charge in [-0.2, -0.15) is 0 Å². The lowest BCUT2D eigenvalue weighted by molar-refractivity contribution is -0.329. The molecular weight excluding hydrogens is 260 g/mol. The van der Waals surface area contributed by atoms with Gasteiger partial charge in [0, 0.05) is 30.2 Å². The number of guanidine groups is 1. The van der Waals surface area contributed by atoms with Crippen LogP contribution < -0.4 is 22.2 Å². The highest BCUT2D eigenvalue weighted by atomic mass is 16.8. The van der Waals surface area contributed by atoms with Crippen molar-refractivity contribution in [3.8, 4) is 0 Å². The number of anilines is 1. The molecule has 0 aliphatic carbocycles. The van der Waals surface area contributed by atoms with Crippen LogP contribution in [0.4, 0.5) is 5.69 Å². The smallest absolute Gasteiger partial charge is 0.207 e. The molecule has 1 aromatic rings. The van der Waals surface area contributed by atoms with Crippen molar-refractivity contribution < 1.29 is 10.4 Å². The number of para-hydroxylation sites is 1. The first kappa shape index (κ1) is 16.2. The first-order chi connectivity index (χ1) is 9.58. The number of nitrogens with two attached hydrogens (primary N) is 2. The van der Waals surface area contributed by atoms with Crippen LogP contribution in [0.2, 0.25) is 0 Å². The highest BCUT2D eigenvalue weighted by molar-refractivity contribution is 5.77. The van der Waals surface area contributed by atoms with Crippen LogP contribution in [0.5, 0.6) is 0 Å². The molecule has 0 saturated heterocycles. The molecule has 0 radical (unpaired) electrons. The summed E-state index contributed by atoms with van der Waals surface area (Å²) in [5, 5.41) is 19.9. The molecule has 0 amide bonds. The lowest BCUT2D eigenvalue weighted by Crippen LogP contribution is -2.42. The fraction of sp³-hybridized carbons (Fsp3) is 0.417. The number of hydrogen-bond acceptors (Lipinski definition) is 6. The molecule has 1 atom stereocenters. The predicted molar refractivity (Wildman–Crippen MR) is 77.2 cm³/mol. The predicted octanol–water partition coefficient (Wildman–Crippen LogP) is 0.106. The Morgan fingerprint density at radius 1 is 1.30 bits per heavy atom. The van der Waals surface area contributed by atoms with Gasteiger partial charge in [-0.3, -0.25) is 15.4 Å². The molecule has 0 spiro atoms. The third kappa shape index (κ3) is 7.54. The topological polar surface area (TPSA) is 132 Å². The molecule has 1 rings (SSSR count). The Morgan fingerprint density at radius 2 is 2.00 bits per heavy atom. The van der Waals surface area contributed by atoms with Gasteiger partial charge >= 0.3 is 0 Å². The minimum atomic E-state index is -0.242. The number of benzene rings is 1. The fourth-order valence-corrected chi connectivity index (χ4v) is 1.60. The van der Waals surface area contributed by atoms with Gasteiger partial charge in [-0.1, -0.05) is 18.2 Å². The Hall–Kier alpha value is -1.87. The van der Waals surface area contributed by atoms with Gasteiger partial charge in [0.15, 0.2) is 0 Å². The number of aliphatic imine (C=N–C) groups is 1. The van der Waals surface area contributed by atoms with E-state index in [4.69, 9.17) is 21.9 Å². The SMILES string of the molecule is NC(=NCCC[C@H](N)CNc1ccccc1)NN(O)O. The average molecular weight is 282 g/mol. The summed E-state index contributed by atoms with van der Waals surface area (Å²) in [6.07, 6.45) is 1.55. The molecule has 112 valence electrons. The maximum atomic E-state index is 8.43. The molecule has 0 aromatic heterocycles. The molecule has 1 aromatic carbocycles. The van der Waals surface area contributed by atoms with Crippen molar-refractivity contribution in [2.45, 2.75) is 18.9 Å². The summed E-state index contributed by atoms with van der Waals surface area (Å²) in [5.41, 5.74) is 14.4. The van der Waals surface area contributed by atoms with E-state index < -0.39 is 0 Å². The maximum absolute atomic E-state index is 8.43. The zero-order valence-electron chi connectivity index (χ0n) is 11.2. The van der Waals surface area contributed by atoms with Crippen LogP contribution >= 0.6 is 0 Å². The van der Waals surface area contributed by atoms with Crippen molar-refractivity contribution in [2.75, 3.05) is 18.4 Å². The van der Waals surface area contributed by atoms with Crippen molar-refractivity contribution in [2.24, 2.45) is 16.5 Å². The van der Waals surface area contributed by atoms with E-state index in [9.17, 15) is 0 Å². The second-order valence-corrected chi connectivity index (χ2v) is 4.32. The molecule has 0 aliphatic rings. The van der Waals surface area contributed by atoms with Gasteiger partial charge < -0.3 is 16.8 Å². The van der Waals surface area contributed by atoms with E-state index >= 15 is 0 Å².